The Morgan fingerprint density at radius 1 is 1.17 bits per heavy atom. The Morgan fingerprint density at radius 3 is 2.57 bits per heavy atom. The van der Waals surface area contributed by atoms with Crippen LogP contribution >= 0.6 is 0 Å². The van der Waals surface area contributed by atoms with E-state index in [1.165, 1.54) is 12.3 Å². The van der Waals surface area contributed by atoms with Gasteiger partial charge in [0, 0.05) is 17.8 Å². The third kappa shape index (κ3) is 3.37. The second kappa shape index (κ2) is 7.36. The van der Waals surface area contributed by atoms with Crippen LogP contribution in [0.2, 0.25) is 0 Å². The molecule has 10 heteroatoms. The average molecular weight is 410 g/mol. The van der Waals surface area contributed by atoms with Gasteiger partial charge in [-0.2, -0.15) is 18.4 Å². The highest BCUT2D eigenvalue weighted by atomic mass is 19.4. The number of para-hydroxylation sites is 1. The number of nitriles is 1. The van der Waals surface area contributed by atoms with Crippen LogP contribution in [0.3, 0.4) is 0 Å². The monoisotopic (exact) mass is 410 g/mol. The van der Waals surface area contributed by atoms with Crippen LogP contribution in [-0.4, -0.2) is 19.5 Å². The number of hydrogen-bond donors (Lipinski definition) is 2. The highest BCUT2D eigenvalue weighted by Gasteiger charge is 2.33. The Kier molecular flexibility index (Phi) is 4.71. The van der Waals surface area contributed by atoms with Crippen LogP contribution < -0.4 is 10.9 Å². The van der Waals surface area contributed by atoms with E-state index in [1.54, 1.807) is 36.5 Å². The van der Waals surface area contributed by atoms with E-state index < -0.39 is 17.4 Å². The molecule has 0 aliphatic carbocycles. The number of fused-ring (bicyclic) bond motifs is 1. The predicted molar refractivity (Wildman–Crippen MR) is 103 cm³/mol. The topological polar surface area (TPSA) is 99.4 Å². The number of nitrogens with zero attached hydrogens (tertiary/aromatic N) is 4. The Hall–Kier alpha value is -4.13. The van der Waals surface area contributed by atoms with Gasteiger partial charge < -0.3 is 10.3 Å². The average Bonchev–Trinajstić information content (AvgIpc) is 3.25. The second-order valence-electron chi connectivity index (χ2n) is 6.29. The number of nitrogens with one attached hydrogen (secondary N) is 2. The van der Waals surface area contributed by atoms with Gasteiger partial charge in [0.05, 0.1) is 17.9 Å². The third-order valence-electron chi connectivity index (χ3n) is 4.43. The molecule has 3 heterocycles. The summed E-state index contributed by atoms with van der Waals surface area (Å²) in [5.74, 6) is 0.527. The van der Waals surface area contributed by atoms with Crippen molar-refractivity contribution < 1.29 is 13.2 Å². The number of pyridine rings is 2. The van der Waals surface area contributed by atoms with E-state index in [0.29, 0.717) is 11.5 Å². The quantitative estimate of drug-likeness (QED) is 0.536. The van der Waals surface area contributed by atoms with Crippen molar-refractivity contribution in [2.75, 3.05) is 5.32 Å². The van der Waals surface area contributed by atoms with Gasteiger partial charge in [-0.05, 0) is 24.3 Å². The van der Waals surface area contributed by atoms with Gasteiger partial charge in [-0.15, -0.1) is 0 Å². The largest absolute Gasteiger partial charge is 0.433 e. The Morgan fingerprint density at radius 2 is 1.93 bits per heavy atom. The number of benzene rings is 1. The molecule has 7 nitrogen and oxygen atoms in total. The number of imidazole rings is 1. The molecule has 1 aromatic carbocycles. The molecule has 0 radical (unpaired) electrons. The van der Waals surface area contributed by atoms with Crippen LogP contribution in [0.5, 0.6) is 0 Å². The zero-order chi connectivity index (χ0) is 21.3. The Labute approximate surface area is 167 Å². The van der Waals surface area contributed by atoms with Gasteiger partial charge in [0.25, 0.3) is 5.56 Å². The number of H-pyrrole nitrogens is 1. The van der Waals surface area contributed by atoms with Crippen LogP contribution in [0.1, 0.15) is 17.1 Å². The molecule has 4 rings (SSSR count). The van der Waals surface area contributed by atoms with Crippen LogP contribution in [-0.2, 0) is 12.7 Å². The van der Waals surface area contributed by atoms with Crippen molar-refractivity contribution in [2.45, 2.75) is 12.7 Å². The van der Waals surface area contributed by atoms with Crippen molar-refractivity contribution in [2.24, 2.45) is 0 Å². The summed E-state index contributed by atoms with van der Waals surface area (Å²) in [5.41, 5.74) is -1.96. The van der Waals surface area contributed by atoms with Crippen LogP contribution in [0.4, 0.5) is 18.9 Å². The van der Waals surface area contributed by atoms with Crippen molar-refractivity contribution >= 4 is 16.7 Å². The standard InChI is InChI=1S/C20H13F3N6O/c21-20(22,23)15-7-6-13-17(27-11-16-25-8-9-26-16)14(10-24)19(30)29(18(13)28-15)12-4-2-1-3-5-12/h1-9,27H,11H2,(H,25,26). The van der Waals surface area contributed by atoms with Gasteiger partial charge in [0.15, 0.2) is 0 Å². The lowest BCUT2D eigenvalue weighted by Gasteiger charge is -2.17. The van der Waals surface area contributed by atoms with Gasteiger partial charge in [-0.25, -0.2) is 9.97 Å². The maximum atomic E-state index is 13.3. The molecule has 150 valence electrons. The fourth-order valence-corrected chi connectivity index (χ4v) is 3.09. The molecular formula is C20H13F3N6O. The third-order valence-corrected chi connectivity index (χ3v) is 4.43. The van der Waals surface area contributed by atoms with Crippen molar-refractivity contribution in [1.29, 1.82) is 5.26 Å². The Bertz CT molecular complexity index is 1310. The molecule has 3 aromatic heterocycles. The molecule has 0 atom stereocenters. The van der Waals surface area contributed by atoms with Crippen LogP contribution in [0, 0.1) is 11.3 Å². The normalized spacial score (nSPS) is 11.4. The zero-order valence-electron chi connectivity index (χ0n) is 15.2. The highest BCUT2D eigenvalue weighted by Crippen LogP contribution is 2.32. The molecule has 0 unspecified atom stereocenters. The van der Waals surface area contributed by atoms with Gasteiger partial charge in [-0.1, -0.05) is 18.2 Å². The van der Waals surface area contributed by atoms with E-state index in [2.05, 4.69) is 20.3 Å². The van der Waals surface area contributed by atoms with E-state index in [-0.39, 0.29) is 28.8 Å². The number of halogens is 3. The molecule has 4 aromatic rings. The fraction of sp³-hybridized carbons (Fsp3) is 0.100. The van der Waals surface area contributed by atoms with E-state index in [0.717, 1.165) is 10.6 Å². The predicted octanol–water partition coefficient (Wildman–Crippen LogP) is 3.61. The van der Waals surface area contributed by atoms with E-state index in [4.69, 9.17) is 0 Å². The summed E-state index contributed by atoms with van der Waals surface area (Å²) >= 11 is 0. The summed E-state index contributed by atoms with van der Waals surface area (Å²) < 4.78 is 40.9. The molecule has 0 bridgehead atoms. The Balaban J connectivity index is 2.02. The summed E-state index contributed by atoms with van der Waals surface area (Å²) in [6, 6.07) is 12.0. The fourth-order valence-electron chi connectivity index (χ4n) is 3.09. The van der Waals surface area contributed by atoms with Crippen molar-refractivity contribution in [3.05, 3.63) is 82.3 Å². The second-order valence-corrected chi connectivity index (χ2v) is 6.29. The minimum absolute atomic E-state index is 0.0994. The lowest BCUT2D eigenvalue weighted by atomic mass is 10.1. The molecule has 0 fully saturated rings. The summed E-state index contributed by atoms with van der Waals surface area (Å²) in [4.78, 5) is 23.8. The lowest BCUT2D eigenvalue weighted by molar-refractivity contribution is -0.141. The number of hydrogen-bond acceptors (Lipinski definition) is 5. The molecule has 0 amide bonds. The van der Waals surface area contributed by atoms with Gasteiger partial charge in [0.2, 0.25) is 0 Å². The first kappa shape index (κ1) is 19.2. The first-order valence-corrected chi connectivity index (χ1v) is 8.74. The van der Waals surface area contributed by atoms with Crippen molar-refractivity contribution in [3.8, 4) is 11.8 Å². The van der Waals surface area contributed by atoms with Crippen LogP contribution in [0.25, 0.3) is 16.7 Å². The van der Waals surface area contributed by atoms with Crippen molar-refractivity contribution in [3.63, 3.8) is 0 Å². The minimum atomic E-state index is -4.69. The number of rotatable bonds is 4. The summed E-state index contributed by atoms with van der Waals surface area (Å²) in [7, 11) is 0. The summed E-state index contributed by atoms with van der Waals surface area (Å²) in [6.07, 6.45) is -1.56. The highest BCUT2D eigenvalue weighted by molar-refractivity contribution is 5.93. The molecule has 0 saturated carbocycles. The van der Waals surface area contributed by atoms with Gasteiger partial charge in [-0.3, -0.25) is 9.36 Å². The van der Waals surface area contributed by atoms with Gasteiger partial charge in [0.1, 0.15) is 28.8 Å². The molecule has 30 heavy (non-hydrogen) atoms. The summed E-state index contributed by atoms with van der Waals surface area (Å²) in [6.45, 7) is 0.132. The maximum absolute atomic E-state index is 13.3. The first-order chi connectivity index (χ1) is 14.4. The van der Waals surface area contributed by atoms with Gasteiger partial charge >= 0.3 is 6.18 Å². The first-order valence-electron chi connectivity index (χ1n) is 8.74. The van der Waals surface area contributed by atoms with E-state index >= 15 is 0 Å². The van der Waals surface area contributed by atoms with E-state index in [9.17, 15) is 23.2 Å². The van der Waals surface area contributed by atoms with E-state index in [1.807, 2.05) is 6.07 Å². The molecule has 0 aliphatic heterocycles. The number of aromatic nitrogens is 4. The van der Waals surface area contributed by atoms with Crippen molar-refractivity contribution in [1.82, 2.24) is 19.5 Å². The maximum Gasteiger partial charge on any atom is 0.433 e. The SMILES string of the molecule is N#Cc1c(NCc2ncc[nH]2)c2ccc(C(F)(F)F)nc2n(-c2ccccc2)c1=O. The number of anilines is 1. The zero-order valence-corrected chi connectivity index (χ0v) is 15.2. The summed E-state index contributed by atoms with van der Waals surface area (Å²) in [5, 5.41) is 12.8. The smallest absolute Gasteiger partial charge is 0.376 e. The molecular weight excluding hydrogens is 397 g/mol. The molecule has 0 aliphatic rings. The lowest BCUT2D eigenvalue weighted by Crippen LogP contribution is -2.25. The number of aromatic amines is 1. The molecule has 0 spiro atoms. The minimum Gasteiger partial charge on any atom is -0.376 e. The molecule has 0 saturated heterocycles. The molecule has 2 N–H and O–H groups in total. The number of alkyl halides is 3. The van der Waals surface area contributed by atoms with Crippen LogP contribution in [0.15, 0.2) is 59.7 Å².